The van der Waals surface area contributed by atoms with E-state index in [0.29, 0.717) is 12.5 Å². The van der Waals surface area contributed by atoms with Gasteiger partial charge < -0.3 is 5.73 Å². The summed E-state index contributed by atoms with van der Waals surface area (Å²) in [6.07, 6.45) is 12.0. The van der Waals surface area contributed by atoms with E-state index in [1.54, 1.807) is 0 Å². The van der Waals surface area contributed by atoms with Crippen LogP contribution in [0.5, 0.6) is 0 Å². The van der Waals surface area contributed by atoms with E-state index in [4.69, 9.17) is 5.73 Å². The van der Waals surface area contributed by atoms with Crippen LogP contribution in [0.25, 0.3) is 0 Å². The lowest BCUT2D eigenvalue weighted by atomic mass is 9.90. The van der Waals surface area contributed by atoms with Crippen LogP contribution in [0.4, 0.5) is 0 Å². The molecule has 0 radical (unpaired) electrons. The molecule has 0 saturated heterocycles. The summed E-state index contributed by atoms with van der Waals surface area (Å²) in [4.78, 5) is 4.24. The van der Waals surface area contributed by atoms with Gasteiger partial charge in [-0.2, -0.15) is 0 Å². The molecule has 0 aromatic carbocycles. The third-order valence-electron chi connectivity index (χ3n) is 3.46. The molecular formula is C13H20N2. The van der Waals surface area contributed by atoms with Crippen LogP contribution in [0.3, 0.4) is 0 Å². The number of rotatable bonds is 2. The molecule has 1 aliphatic carbocycles. The molecule has 0 spiro atoms. The summed E-state index contributed by atoms with van der Waals surface area (Å²) in [6, 6.07) is 2.07. The number of nitrogens with zero attached hydrogens (tertiary/aromatic N) is 1. The van der Waals surface area contributed by atoms with Crippen LogP contribution in [0.2, 0.25) is 0 Å². The van der Waals surface area contributed by atoms with Crippen LogP contribution in [-0.2, 0) is 6.54 Å². The van der Waals surface area contributed by atoms with Crippen LogP contribution in [0.1, 0.15) is 55.6 Å². The highest BCUT2D eigenvalue weighted by Crippen LogP contribution is 2.32. The van der Waals surface area contributed by atoms with Crippen molar-refractivity contribution >= 4 is 0 Å². The monoisotopic (exact) mass is 204 g/mol. The SMILES string of the molecule is NCc1ccncc1C1CCCCCC1. The highest BCUT2D eigenvalue weighted by atomic mass is 14.6. The molecule has 1 heterocycles. The zero-order chi connectivity index (χ0) is 10.5. The average Bonchev–Trinajstić information content (AvgIpc) is 2.57. The topological polar surface area (TPSA) is 38.9 Å². The van der Waals surface area contributed by atoms with E-state index in [-0.39, 0.29) is 0 Å². The van der Waals surface area contributed by atoms with Crippen molar-refractivity contribution in [1.29, 1.82) is 0 Å². The average molecular weight is 204 g/mol. The van der Waals surface area contributed by atoms with Gasteiger partial charge in [-0.1, -0.05) is 25.7 Å². The van der Waals surface area contributed by atoms with Gasteiger partial charge >= 0.3 is 0 Å². The normalized spacial score (nSPS) is 18.7. The van der Waals surface area contributed by atoms with Gasteiger partial charge in [0.2, 0.25) is 0 Å². The van der Waals surface area contributed by atoms with Crippen molar-refractivity contribution in [2.75, 3.05) is 0 Å². The smallest absolute Gasteiger partial charge is 0.0305 e. The molecule has 2 rings (SSSR count). The van der Waals surface area contributed by atoms with Gasteiger partial charge in [-0.25, -0.2) is 0 Å². The Morgan fingerprint density at radius 3 is 2.60 bits per heavy atom. The molecule has 0 aliphatic heterocycles. The molecule has 82 valence electrons. The molecule has 1 aromatic rings. The maximum Gasteiger partial charge on any atom is 0.0305 e. The summed E-state index contributed by atoms with van der Waals surface area (Å²) in [5.41, 5.74) is 8.46. The van der Waals surface area contributed by atoms with Crippen LogP contribution in [0.15, 0.2) is 18.5 Å². The predicted molar refractivity (Wildman–Crippen MR) is 62.6 cm³/mol. The molecular weight excluding hydrogens is 184 g/mol. The zero-order valence-electron chi connectivity index (χ0n) is 9.28. The van der Waals surface area contributed by atoms with Crippen LogP contribution in [-0.4, -0.2) is 4.98 Å². The Balaban J connectivity index is 2.18. The number of pyridine rings is 1. The maximum absolute atomic E-state index is 5.77. The van der Waals surface area contributed by atoms with Gasteiger partial charge in [-0.05, 0) is 36.0 Å². The van der Waals surface area contributed by atoms with Crippen molar-refractivity contribution < 1.29 is 0 Å². The van der Waals surface area contributed by atoms with Crippen molar-refractivity contribution in [3.63, 3.8) is 0 Å². The Morgan fingerprint density at radius 1 is 1.20 bits per heavy atom. The number of aromatic nitrogens is 1. The van der Waals surface area contributed by atoms with Crippen molar-refractivity contribution in [3.05, 3.63) is 29.6 Å². The first-order chi connectivity index (χ1) is 7.42. The molecule has 0 bridgehead atoms. The molecule has 1 fully saturated rings. The summed E-state index contributed by atoms with van der Waals surface area (Å²) in [6.45, 7) is 0.647. The van der Waals surface area contributed by atoms with Crippen molar-refractivity contribution in [1.82, 2.24) is 4.98 Å². The largest absolute Gasteiger partial charge is 0.326 e. The van der Waals surface area contributed by atoms with E-state index in [2.05, 4.69) is 11.1 Å². The van der Waals surface area contributed by atoms with Gasteiger partial charge in [0.05, 0.1) is 0 Å². The molecule has 15 heavy (non-hydrogen) atoms. The summed E-state index contributed by atoms with van der Waals surface area (Å²) >= 11 is 0. The fourth-order valence-electron chi connectivity index (χ4n) is 2.58. The van der Waals surface area contributed by atoms with Crippen molar-refractivity contribution in [2.45, 2.75) is 51.0 Å². The number of nitrogens with two attached hydrogens (primary N) is 1. The van der Waals surface area contributed by atoms with E-state index in [1.807, 2.05) is 12.4 Å². The first-order valence-corrected chi connectivity index (χ1v) is 6.04. The van der Waals surface area contributed by atoms with Gasteiger partial charge in [0.15, 0.2) is 0 Å². The van der Waals surface area contributed by atoms with Crippen molar-refractivity contribution in [3.8, 4) is 0 Å². The first-order valence-electron chi connectivity index (χ1n) is 6.04. The van der Waals surface area contributed by atoms with E-state index < -0.39 is 0 Å². The summed E-state index contributed by atoms with van der Waals surface area (Å²) in [5, 5.41) is 0. The minimum Gasteiger partial charge on any atom is -0.326 e. The molecule has 2 heteroatoms. The Kier molecular flexibility index (Phi) is 3.73. The minimum absolute atomic E-state index is 0.647. The molecule has 2 N–H and O–H groups in total. The maximum atomic E-state index is 5.77. The second kappa shape index (κ2) is 5.26. The second-order valence-electron chi connectivity index (χ2n) is 4.47. The molecule has 0 amide bonds. The Labute approximate surface area is 91.9 Å². The van der Waals surface area contributed by atoms with Gasteiger partial charge in [0.1, 0.15) is 0 Å². The zero-order valence-corrected chi connectivity index (χ0v) is 9.28. The second-order valence-corrected chi connectivity index (χ2v) is 4.47. The lowest BCUT2D eigenvalue weighted by molar-refractivity contribution is 0.585. The van der Waals surface area contributed by atoms with E-state index >= 15 is 0 Å². The van der Waals surface area contributed by atoms with E-state index in [9.17, 15) is 0 Å². The molecule has 0 atom stereocenters. The highest BCUT2D eigenvalue weighted by Gasteiger charge is 2.16. The Morgan fingerprint density at radius 2 is 1.93 bits per heavy atom. The Hall–Kier alpha value is -0.890. The van der Waals surface area contributed by atoms with Crippen molar-refractivity contribution in [2.24, 2.45) is 5.73 Å². The number of hydrogen-bond acceptors (Lipinski definition) is 2. The minimum atomic E-state index is 0.647. The first kappa shape index (κ1) is 10.6. The third kappa shape index (κ3) is 2.57. The molecule has 1 aliphatic rings. The van der Waals surface area contributed by atoms with Crippen LogP contribution in [0, 0.1) is 0 Å². The quantitative estimate of drug-likeness (QED) is 0.752. The Bertz CT molecular complexity index is 301. The lowest BCUT2D eigenvalue weighted by Crippen LogP contribution is -2.06. The van der Waals surface area contributed by atoms with Gasteiger partial charge in [-0.3, -0.25) is 4.98 Å². The summed E-state index contributed by atoms with van der Waals surface area (Å²) < 4.78 is 0. The van der Waals surface area contributed by atoms with Gasteiger partial charge in [0, 0.05) is 18.9 Å². The fraction of sp³-hybridized carbons (Fsp3) is 0.615. The summed E-state index contributed by atoms with van der Waals surface area (Å²) in [5.74, 6) is 0.708. The molecule has 1 aromatic heterocycles. The van der Waals surface area contributed by atoms with E-state index in [1.165, 1.54) is 49.7 Å². The summed E-state index contributed by atoms with van der Waals surface area (Å²) in [7, 11) is 0. The van der Waals surface area contributed by atoms with Gasteiger partial charge in [-0.15, -0.1) is 0 Å². The van der Waals surface area contributed by atoms with Gasteiger partial charge in [0.25, 0.3) is 0 Å². The van der Waals surface area contributed by atoms with Crippen LogP contribution < -0.4 is 5.73 Å². The predicted octanol–water partition coefficient (Wildman–Crippen LogP) is 2.98. The lowest BCUT2D eigenvalue weighted by Gasteiger charge is -2.17. The molecule has 2 nitrogen and oxygen atoms in total. The molecule has 1 saturated carbocycles. The van der Waals surface area contributed by atoms with Crippen LogP contribution >= 0.6 is 0 Å². The fourth-order valence-corrected chi connectivity index (χ4v) is 2.58. The van der Waals surface area contributed by atoms with E-state index in [0.717, 1.165) is 0 Å². The number of hydrogen-bond donors (Lipinski definition) is 1. The highest BCUT2D eigenvalue weighted by molar-refractivity contribution is 5.27. The third-order valence-corrected chi connectivity index (χ3v) is 3.46. The molecule has 0 unspecified atom stereocenters. The standard InChI is InChI=1S/C13H20N2/c14-9-12-7-8-15-10-13(12)11-5-3-1-2-4-6-11/h7-8,10-11H,1-6,9,14H2.